The second-order valence-electron chi connectivity index (χ2n) is 3.59. The summed E-state index contributed by atoms with van der Waals surface area (Å²) in [6, 6.07) is -0.0824. The van der Waals surface area contributed by atoms with Crippen molar-refractivity contribution in [1.29, 1.82) is 0 Å². The molecule has 0 N–H and O–H groups in total. The molecule has 0 radical (unpaired) electrons. The molecule has 0 aliphatic carbocycles. The zero-order valence-electron chi connectivity index (χ0n) is 9.72. The zero-order chi connectivity index (χ0) is 15.7. The van der Waals surface area contributed by atoms with Gasteiger partial charge < -0.3 is 4.74 Å². The van der Waals surface area contributed by atoms with E-state index in [0.29, 0.717) is 0 Å². The number of ether oxygens (including phenoxy) is 1. The molecule has 0 heterocycles. The zero-order valence-corrected chi connectivity index (χ0v) is 9.72. The van der Waals surface area contributed by atoms with Gasteiger partial charge >= 0.3 is 18.3 Å². The molecule has 9 heteroatoms. The molecule has 0 amide bonds. The Balaban J connectivity index is 3.74. The van der Waals surface area contributed by atoms with Crippen molar-refractivity contribution in [3.8, 4) is 0 Å². The number of hydrogen-bond donors (Lipinski definition) is 0. The molecule has 0 saturated heterocycles. The summed E-state index contributed by atoms with van der Waals surface area (Å²) in [5, 5.41) is 0. The number of benzene rings is 1. The second-order valence-corrected chi connectivity index (χ2v) is 3.59. The van der Waals surface area contributed by atoms with Crippen molar-refractivity contribution in [3.05, 3.63) is 34.4 Å². The number of carbonyl (C=O) groups is 2. The summed E-state index contributed by atoms with van der Waals surface area (Å²) >= 11 is 0. The SMILES string of the molecule is COC(=O)c1cc(C(F)(F)F)cc(C(F)(F)F)c1C=O. The molecule has 0 unspecified atom stereocenters. The molecule has 0 saturated carbocycles. The molecule has 1 aromatic rings. The van der Waals surface area contributed by atoms with E-state index in [9.17, 15) is 35.9 Å². The molecule has 0 atom stereocenters. The van der Waals surface area contributed by atoms with E-state index < -0.39 is 40.6 Å². The third kappa shape index (κ3) is 3.09. The Morgan fingerprint density at radius 2 is 1.65 bits per heavy atom. The standard InChI is InChI=1S/C11H6F6O3/c1-20-9(19)6-2-5(10(12,13)14)3-8(7(6)4-18)11(15,16)17/h2-4H,1H3. The smallest absolute Gasteiger partial charge is 0.417 e. The van der Waals surface area contributed by atoms with Crippen LogP contribution in [0.5, 0.6) is 0 Å². The molecule has 110 valence electrons. The average Bonchev–Trinajstić information content (AvgIpc) is 2.33. The fourth-order valence-corrected chi connectivity index (χ4v) is 1.46. The van der Waals surface area contributed by atoms with Crippen molar-refractivity contribution >= 4 is 12.3 Å². The molecule has 0 fully saturated rings. The van der Waals surface area contributed by atoms with Crippen molar-refractivity contribution in [1.82, 2.24) is 0 Å². The highest BCUT2D eigenvalue weighted by molar-refractivity contribution is 5.99. The lowest BCUT2D eigenvalue weighted by Gasteiger charge is -2.16. The highest BCUT2D eigenvalue weighted by Crippen LogP contribution is 2.38. The number of rotatable bonds is 2. The van der Waals surface area contributed by atoms with Crippen LogP contribution in [0.2, 0.25) is 0 Å². The molecule has 1 rings (SSSR count). The Kier molecular flexibility index (Phi) is 4.11. The van der Waals surface area contributed by atoms with Gasteiger partial charge in [0.2, 0.25) is 0 Å². The number of esters is 1. The van der Waals surface area contributed by atoms with E-state index >= 15 is 0 Å². The highest BCUT2D eigenvalue weighted by atomic mass is 19.4. The lowest BCUT2D eigenvalue weighted by molar-refractivity contribution is -0.143. The topological polar surface area (TPSA) is 43.4 Å². The normalized spacial score (nSPS) is 12.2. The van der Waals surface area contributed by atoms with Gasteiger partial charge in [0.25, 0.3) is 0 Å². The first-order chi connectivity index (χ1) is 9.02. The largest absolute Gasteiger partial charge is 0.465 e. The molecule has 20 heavy (non-hydrogen) atoms. The van der Waals surface area contributed by atoms with Gasteiger partial charge in [-0.25, -0.2) is 4.79 Å². The summed E-state index contributed by atoms with van der Waals surface area (Å²) in [5.41, 5.74) is -5.83. The number of methoxy groups -OCH3 is 1. The molecule has 0 aliphatic rings. The summed E-state index contributed by atoms with van der Waals surface area (Å²) < 4.78 is 79.7. The van der Waals surface area contributed by atoms with Crippen molar-refractivity contribution < 1.29 is 40.7 Å². The average molecular weight is 300 g/mol. The van der Waals surface area contributed by atoms with Crippen molar-refractivity contribution in [3.63, 3.8) is 0 Å². The molecule has 0 aliphatic heterocycles. The van der Waals surface area contributed by atoms with Crippen LogP contribution in [0.3, 0.4) is 0 Å². The number of aldehydes is 1. The van der Waals surface area contributed by atoms with Crippen LogP contribution in [-0.4, -0.2) is 19.4 Å². The molecular formula is C11H6F6O3. The van der Waals surface area contributed by atoms with E-state index in [4.69, 9.17) is 0 Å². The maximum Gasteiger partial charge on any atom is 0.417 e. The predicted molar refractivity (Wildman–Crippen MR) is 53.2 cm³/mol. The maximum absolute atomic E-state index is 12.7. The minimum Gasteiger partial charge on any atom is -0.465 e. The molecular weight excluding hydrogens is 294 g/mol. The van der Waals surface area contributed by atoms with Gasteiger partial charge in [-0.3, -0.25) is 4.79 Å². The Morgan fingerprint density at radius 3 is 2.00 bits per heavy atom. The van der Waals surface area contributed by atoms with Gasteiger partial charge in [0.05, 0.1) is 23.8 Å². The van der Waals surface area contributed by atoms with E-state index in [0.717, 1.165) is 7.11 Å². The van der Waals surface area contributed by atoms with Gasteiger partial charge in [0, 0.05) is 5.56 Å². The monoisotopic (exact) mass is 300 g/mol. The summed E-state index contributed by atoms with van der Waals surface area (Å²) in [4.78, 5) is 21.9. The maximum atomic E-state index is 12.7. The van der Waals surface area contributed by atoms with Crippen molar-refractivity contribution in [2.24, 2.45) is 0 Å². The van der Waals surface area contributed by atoms with Gasteiger partial charge in [-0.2, -0.15) is 26.3 Å². The van der Waals surface area contributed by atoms with Crippen LogP contribution in [0.25, 0.3) is 0 Å². The van der Waals surface area contributed by atoms with Crippen LogP contribution in [-0.2, 0) is 17.1 Å². The minimum absolute atomic E-state index is 0.144. The Labute approximate surface area is 108 Å². The second kappa shape index (κ2) is 5.14. The molecule has 0 aromatic heterocycles. The van der Waals surface area contributed by atoms with Crippen molar-refractivity contribution in [2.75, 3.05) is 7.11 Å². The number of hydrogen-bond acceptors (Lipinski definition) is 3. The minimum atomic E-state index is -5.22. The van der Waals surface area contributed by atoms with Crippen LogP contribution >= 0.6 is 0 Å². The van der Waals surface area contributed by atoms with Gasteiger partial charge in [-0.1, -0.05) is 0 Å². The van der Waals surface area contributed by atoms with E-state index in [-0.39, 0.29) is 18.4 Å². The van der Waals surface area contributed by atoms with Crippen LogP contribution in [0.15, 0.2) is 12.1 Å². The highest BCUT2D eigenvalue weighted by Gasteiger charge is 2.40. The first-order valence-electron chi connectivity index (χ1n) is 4.88. The molecule has 3 nitrogen and oxygen atoms in total. The van der Waals surface area contributed by atoms with Crippen LogP contribution < -0.4 is 0 Å². The third-order valence-corrected chi connectivity index (χ3v) is 2.34. The van der Waals surface area contributed by atoms with Crippen LogP contribution in [0.1, 0.15) is 31.8 Å². The Bertz CT molecular complexity index is 544. The quantitative estimate of drug-likeness (QED) is 0.478. The first-order valence-corrected chi connectivity index (χ1v) is 4.88. The summed E-state index contributed by atoms with van der Waals surface area (Å²) in [6.45, 7) is 0. The molecule has 0 spiro atoms. The predicted octanol–water partition coefficient (Wildman–Crippen LogP) is 3.32. The van der Waals surface area contributed by atoms with E-state index in [2.05, 4.69) is 4.74 Å². The molecule has 1 aromatic carbocycles. The van der Waals surface area contributed by atoms with E-state index in [1.807, 2.05) is 0 Å². The Morgan fingerprint density at radius 1 is 1.10 bits per heavy atom. The number of alkyl halides is 6. The van der Waals surface area contributed by atoms with Crippen LogP contribution in [0, 0.1) is 0 Å². The molecule has 0 bridgehead atoms. The lowest BCUT2D eigenvalue weighted by atomic mass is 9.97. The number of halogens is 6. The lowest BCUT2D eigenvalue weighted by Crippen LogP contribution is -2.18. The van der Waals surface area contributed by atoms with Gasteiger partial charge in [0.15, 0.2) is 6.29 Å². The summed E-state index contributed by atoms with van der Waals surface area (Å²) in [5.74, 6) is -1.47. The summed E-state index contributed by atoms with van der Waals surface area (Å²) in [7, 11) is 0.768. The van der Waals surface area contributed by atoms with Crippen molar-refractivity contribution in [2.45, 2.75) is 12.4 Å². The summed E-state index contributed by atoms with van der Waals surface area (Å²) in [6.07, 6.45) is -10.7. The van der Waals surface area contributed by atoms with Gasteiger partial charge in [-0.15, -0.1) is 0 Å². The van der Waals surface area contributed by atoms with E-state index in [1.165, 1.54) is 0 Å². The number of carbonyl (C=O) groups excluding carboxylic acids is 2. The van der Waals surface area contributed by atoms with Crippen LogP contribution in [0.4, 0.5) is 26.3 Å². The fourth-order valence-electron chi connectivity index (χ4n) is 1.46. The Hall–Kier alpha value is -2.06. The van der Waals surface area contributed by atoms with E-state index in [1.54, 1.807) is 0 Å². The first kappa shape index (κ1) is 16.0. The fraction of sp³-hybridized carbons (Fsp3) is 0.273. The van der Waals surface area contributed by atoms with Gasteiger partial charge in [-0.05, 0) is 12.1 Å². The van der Waals surface area contributed by atoms with Gasteiger partial charge in [0.1, 0.15) is 0 Å². The third-order valence-electron chi connectivity index (χ3n) is 2.34.